The minimum Gasteiger partial charge on any atom is -0.313 e. The molecular formula is C18H21ClN2O3. The zero-order valence-corrected chi connectivity index (χ0v) is 14.4. The number of benzene rings is 2. The van der Waals surface area contributed by atoms with Crippen LogP contribution in [0.4, 0.5) is 0 Å². The minimum absolute atomic E-state index is 0.336. The van der Waals surface area contributed by atoms with Crippen LogP contribution < -0.4 is 0 Å². The number of nitrogens with zero attached hydrogens (tertiary/aromatic N) is 2. The van der Waals surface area contributed by atoms with E-state index in [1.54, 1.807) is 18.2 Å². The van der Waals surface area contributed by atoms with E-state index in [9.17, 15) is 15.3 Å². The molecule has 0 radical (unpaired) electrons. The van der Waals surface area contributed by atoms with Crippen molar-refractivity contribution < 1.29 is 10.1 Å². The van der Waals surface area contributed by atoms with Crippen molar-refractivity contribution in [1.82, 2.24) is 5.06 Å². The molecule has 3 atom stereocenters. The summed E-state index contributed by atoms with van der Waals surface area (Å²) >= 11 is 6.17. The molecule has 0 saturated carbocycles. The zero-order chi connectivity index (χ0) is 17.7. The Balaban J connectivity index is 2.25. The highest BCUT2D eigenvalue weighted by Gasteiger charge is 2.35. The van der Waals surface area contributed by atoms with E-state index in [1.165, 1.54) is 6.92 Å². The van der Waals surface area contributed by atoms with Crippen LogP contribution in [0.3, 0.4) is 0 Å². The quantitative estimate of drug-likeness (QED) is 0.596. The fourth-order valence-corrected chi connectivity index (χ4v) is 2.98. The lowest BCUT2D eigenvalue weighted by atomic mass is 9.97. The van der Waals surface area contributed by atoms with Crippen molar-refractivity contribution in [2.24, 2.45) is 0 Å². The Morgan fingerprint density at radius 1 is 1.12 bits per heavy atom. The van der Waals surface area contributed by atoms with Crippen molar-refractivity contribution in [3.63, 3.8) is 0 Å². The highest BCUT2D eigenvalue weighted by Crippen LogP contribution is 2.28. The van der Waals surface area contributed by atoms with Gasteiger partial charge in [-0.2, -0.15) is 5.06 Å². The standard InChI is InChI=1S/C18H21ClN2O3/c1-13(12-16-10-6-7-11-17(16)19)20(22)18(14(2)21(23)24)15-8-4-3-5-9-15/h3-11,13-14,18,22H,12H2,1-2H3. The summed E-state index contributed by atoms with van der Waals surface area (Å²) in [4.78, 5) is 10.9. The molecule has 0 spiro atoms. The predicted molar refractivity (Wildman–Crippen MR) is 93.9 cm³/mol. The first kappa shape index (κ1) is 18.4. The van der Waals surface area contributed by atoms with Gasteiger partial charge in [0.25, 0.3) is 0 Å². The third-order valence-electron chi connectivity index (χ3n) is 4.14. The van der Waals surface area contributed by atoms with Crippen molar-refractivity contribution in [2.75, 3.05) is 0 Å². The van der Waals surface area contributed by atoms with Gasteiger partial charge in [-0.25, -0.2) is 0 Å². The van der Waals surface area contributed by atoms with Crippen LogP contribution in [-0.2, 0) is 6.42 Å². The van der Waals surface area contributed by atoms with Gasteiger partial charge in [-0.3, -0.25) is 10.1 Å². The summed E-state index contributed by atoms with van der Waals surface area (Å²) in [7, 11) is 0. The molecule has 6 heteroatoms. The molecule has 0 aromatic heterocycles. The van der Waals surface area contributed by atoms with E-state index >= 15 is 0 Å². The van der Waals surface area contributed by atoms with Crippen molar-refractivity contribution in [2.45, 2.75) is 38.4 Å². The Morgan fingerprint density at radius 3 is 2.29 bits per heavy atom. The first-order valence-electron chi connectivity index (χ1n) is 7.81. The van der Waals surface area contributed by atoms with Crippen LogP contribution in [0.1, 0.15) is 31.0 Å². The Kier molecular flexibility index (Phi) is 6.31. The monoisotopic (exact) mass is 348 g/mol. The number of hydrogen-bond acceptors (Lipinski definition) is 4. The van der Waals surface area contributed by atoms with Gasteiger partial charge < -0.3 is 5.21 Å². The topological polar surface area (TPSA) is 66.6 Å². The van der Waals surface area contributed by atoms with E-state index < -0.39 is 12.1 Å². The van der Waals surface area contributed by atoms with E-state index in [2.05, 4.69) is 0 Å². The smallest absolute Gasteiger partial charge is 0.232 e. The van der Waals surface area contributed by atoms with E-state index in [0.717, 1.165) is 10.6 Å². The summed E-state index contributed by atoms with van der Waals surface area (Å²) < 4.78 is 0. The SMILES string of the molecule is CC(Cc1ccccc1Cl)N(O)C(c1ccccc1)C(C)[N+](=O)[O-]. The van der Waals surface area contributed by atoms with Crippen LogP contribution in [0.25, 0.3) is 0 Å². The molecule has 24 heavy (non-hydrogen) atoms. The predicted octanol–water partition coefficient (Wildman–Crippen LogP) is 4.37. The lowest BCUT2D eigenvalue weighted by Crippen LogP contribution is -2.42. The normalized spacial score (nSPS) is 15.0. The molecule has 0 heterocycles. The number of hydrogen-bond donors (Lipinski definition) is 1. The fraction of sp³-hybridized carbons (Fsp3) is 0.333. The van der Waals surface area contributed by atoms with Crippen LogP contribution in [-0.4, -0.2) is 27.3 Å². The third kappa shape index (κ3) is 4.32. The van der Waals surface area contributed by atoms with Crippen molar-refractivity contribution in [3.05, 3.63) is 80.9 Å². The molecule has 2 rings (SSSR count). The molecule has 0 fully saturated rings. The first-order valence-corrected chi connectivity index (χ1v) is 8.18. The molecule has 0 bridgehead atoms. The van der Waals surface area contributed by atoms with Crippen molar-refractivity contribution in [3.8, 4) is 0 Å². The molecule has 0 aliphatic heterocycles. The Labute approximate surface area is 146 Å². The molecule has 0 amide bonds. The molecule has 0 aliphatic rings. The summed E-state index contributed by atoms with van der Waals surface area (Å²) in [6.07, 6.45) is 0.490. The molecular weight excluding hydrogens is 328 g/mol. The highest BCUT2D eigenvalue weighted by molar-refractivity contribution is 6.31. The van der Waals surface area contributed by atoms with Gasteiger partial charge in [-0.05, 0) is 30.5 Å². The first-order chi connectivity index (χ1) is 11.4. The van der Waals surface area contributed by atoms with E-state index in [4.69, 9.17) is 11.6 Å². The van der Waals surface area contributed by atoms with Gasteiger partial charge in [0.1, 0.15) is 6.04 Å². The summed E-state index contributed by atoms with van der Waals surface area (Å²) in [5, 5.41) is 23.7. The number of rotatable bonds is 7. The van der Waals surface area contributed by atoms with Gasteiger partial charge in [0.2, 0.25) is 6.04 Å². The van der Waals surface area contributed by atoms with Gasteiger partial charge in [0.05, 0.1) is 0 Å². The van der Waals surface area contributed by atoms with Crippen LogP contribution in [0.2, 0.25) is 5.02 Å². The van der Waals surface area contributed by atoms with E-state index in [1.807, 2.05) is 43.3 Å². The van der Waals surface area contributed by atoms with Gasteiger partial charge in [0.15, 0.2) is 0 Å². The maximum atomic E-state index is 11.3. The van der Waals surface area contributed by atoms with Crippen LogP contribution in [0.5, 0.6) is 0 Å². The number of hydroxylamine groups is 2. The highest BCUT2D eigenvalue weighted by atomic mass is 35.5. The van der Waals surface area contributed by atoms with Gasteiger partial charge in [0, 0.05) is 22.9 Å². The molecule has 5 nitrogen and oxygen atoms in total. The molecule has 128 valence electrons. The second kappa shape index (κ2) is 8.24. The second-order valence-electron chi connectivity index (χ2n) is 5.91. The molecule has 1 N–H and O–H groups in total. The van der Waals surface area contributed by atoms with Gasteiger partial charge in [-0.1, -0.05) is 60.1 Å². The molecule has 3 unspecified atom stereocenters. The largest absolute Gasteiger partial charge is 0.313 e. The van der Waals surface area contributed by atoms with E-state index in [-0.39, 0.29) is 11.0 Å². The Morgan fingerprint density at radius 2 is 1.71 bits per heavy atom. The summed E-state index contributed by atoms with van der Waals surface area (Å²) in [6.45, 7) is 3.33. The van der Waals surface area contributed by atoms with Crippen LogP contribution in [0.15, 0.2) is 54.6 Å². The van der Waals surface area contributed by atoms with Crippen molar-refractivity contribution >= 4 is 11.6 Å². The summed E-state index contributed by atoms with van der Waals surface area (Å²) in [5.74, 6) is 0. The van der Waals surface area contributed by atoms with E-state index in [0.29, 0.717) is 17.0 Å². The summed E-state index contributed by atoms with van der Waals surface area (Å²) in [6, 6.07) is 14.4. The minimum atomic E-state index is -0.953. The molecule has 2 aromatic carbocycles. The van der Waals surface area contributed by atoms with Gasteiger partial charge in [-0.15, -0.1) is 0 Å². The maximum absolute atomic E-state index is 11.3. The molecule has 0 aliphatic carbocycles. The van der Waals surface area contributed by atoms with Crippen molar-refractivity contribution in [1.29, 1.82) is 0 Å². The average Bonchev–Trinajstić information content (AvgIpc) is 2.57. The Bertz CT molecular complexity index is 681. The third-order valence-corrected chi connectivity index (χ3v) is 4.51. The lowest BCUT2D eigenvalue weighted by molar-refractivity contribution is -0.533. The van der Waals surface area contributed by atoms with Crippen LogP contribution >= 0.6 is 11.6 Å². The molecule has 2 aromatic rings. The van der Waals surface area contributed by atoms with Gasteiger partial charge >= 0.3 is 0 Å². The summed E-state index contributed by atoms with van der Waals surface area (Å²) in [5.41, 5.74) is 1.60. The second-order valence-corrected chi connectivity index (χ2v) is 6.31. The maximum Gasteiger partial charge on any atom is 0.232 e. The molecule has 0 saturated heterocycles. The van der Waals surface area contributed by atoms with Crippen LogP contribution in [0, 0.1) is 10.1 Å². The average molecular weight is 349 g/mol. The number of halogens is 1. The Hall–Kier alpha value is -1.95. The zero-order valence-electron chi connectivity index (χ0n) is 13.7. The number of nitro groups is 1. The fourth-order valence-electron chi connectivity index (χ4n) is 2.77. The lowest BCUT2D eigenvalue weighted by Gasteiger charge is -2.32.